The fraction of sp³-hybridized carbons (Fsp3) is 0.222. The maximum absolute atomic E-state index is 10.9. The molecule has 0 atom stereocenters. The minimum absolute atomic E-state index is 0.356. The third-order valence-electron chi connectivity index (χ3n) is 1.77. The van der Waals surface area contributed by atoms with Crippen LogP contribution in [0.25, 0.3) is 0 Å². The van der Waals surface area contributed by atoms with Crippen LogP contribution in [0.2, 0.25) is 0 Å². The molecule has 3 heteroatoms. The number of carbonyl (C=O) groups is 1. The van der Waals surface area contributed by atoms with Crippen molar-refractivity contribution in [2.75, 3.05) is 0 Å². The van der Waals surface area contributed by atoms with Crippen LogP contribution < -0.4 is 5.73 Å². The molecule has 2 N–H and O–H groups in total. The first-order valence-corrected chi connectivity index (χ1v) is 4.67. The highest BCUT2D eigenvalue weighted by Gasteiger charge is 2.06. The molecule has 1 rings (SSSR count). The molecule has 12 heavy (non-hydrogen) atoms. The van der Waals surface area contributed by atoms with Crippen molar-refractivity contribution in [3.8, 4) is 0 Å². The SMILES string of the molecule is Cc1cc(C)c(C(N)=O)cc1I. The molecule has 0 radical (unpaired) electrons. The van der Waals surface area contributed by atoms with Crippen molar-refractivity contribution in [2.45, 2.75) is 13.8 Å². The lowest BCUT2D eigenvalue weighted by atomic mass is 10.1. The molecule has 0 aliphatic rings. The highest BCUT2D eigenvalue weighted by molar-refractivity contribution is 14.1. The van der Waals surface area contributed by atoms with E-state index in [1.54, 1.807) is 0 Å². The number of amides is 1. The maximum Gasteiger partial charge on any atom is 0.249 e. The second-order valence-electron chi connectivity index (χ2n) is 2.78. The Morgan fingerprint density at radius 1 is 1.33 bits per heavy atom. The highest BCUT2D eigenvalue weighted by Crippen LogP contribution is 2.17. The summed E-state index contributed by atoms with van der Waals surface area (Å²) < 4.78 is 1.08. The normalized spacial score (nSPS) is 9.92. The van der Waals surface area contributed by atoms with Crippen LogP contribution in [0.3, 0.4) is 0 Å². The first kappa shape index (κ1) is 9.51. The van der Waals surface area contributed by atoms with Gasteiger partial charge in [0.05, 0.1) is 0 Å². The molecule has 0 aliphatic carbocycles. The zero-order valence-electron chi connectivity index (χ0n) is 7.02. The molecule has 0 heterocycles. The third-order valence-corrected chi connectivity index (χ3v) is 2.93. The molecule has 2 nitrogen and oxygen atoms in total. The van der Waals surface area contributed by atoms with E-state index >= 15 is 0 Å². The Morgan fingerprint density at radius 2 is 1.92 bits per heavy atom. The van der Waals surface area contributed by atoms with Gasteiger partial charge < -0.3 is 5.73 Å². The molecule has 0 fully saturated rings. The first-order chi connectivity index (χ1) is 5.52. The third kappa shape index (κ3) is 1.77. The quantitative estimate of drug-likeness (QED) is 0.783. The summed E-state index contributed by atoms with van der Waals surface area (Å²) in [6, 6.07) is 3.80. The minimum Gasteiger partial charge on any atom is -0.366 e. The van der Waals surface area contributed by atoms with E-state index in [9.17, 15) is 4.79 Å². The molecular weight excluding hydrogens is 265 g/mol. The van der Waals surface area contributed by atoms with Crippen LogP contribution in [-0.4, -0.2) is 5.91 Å². The fourth-order valence-corrected chi connectivity index (χ4v) is 1.56. The number of benzene rings is 1. The lowest BCUT2D eigenvalue weighted by Crippen LogP contribution is -2.13. The van der Waals surface area contributed by atoms with Gasteiger partial charge in [-0.1, -0.05) is 6.07 Å². The minimum atomic E-state index is -0.356. The largest absolute Gasteiger partial charge is 0.366 e. The lowest BCUT2D eigenvalue weighted by molar-refractivity contribution is 0.0999. The van der Waals surface area contributed by atoms with Gasteiger partial charge in [-0.15, -0.1) is 0 Å². The van der Waals surface area contributed by atoms with Gasteiger partial charge in [-0.25, -0.2) is 0 Å². The Labute approximate surface area is 85.3 Å². The smallest absolute Gasteiger partial charge is 0.249 e. The Kier molecular flexibility index (Phi) is 2.72. The van der Waals surface area contributed by atoms with Crippen LogP contribution in [0, 0.1) is 17.4 Å². The summed E-state index contributed by atoms with van der Waals surface area (Å²) in [5, 5.41) is 0. The number of primary amides is 1. The standard InChI is InChI=1S/C9H10INO/c1-5-3-6(2)8(10)4-7(5)9(11)12/h3-4H,1-2H3,(H2,11,12). The van der Waals surface area contributed by atoms with E-state index in [0.29, 0.717) is 5.56 Å². The average Bonchev–Trinajstić information content (AvgIpc) is 1.96. The summed E-state index contributed by atoms with van der Waals surface area (Å²) in [5.41, 5.74) is 7.93. The van der Waals surface area contributed by atoms with Gasteiger partial charge in [-0.3, -0.25) is 4.79 Å². The zero-order valence-corrected chi connectivity index (χ0v) is 9.18. The number of aryl methyl sites for hydroxylation is 2. The molecule has 0 spiro atoms. The molecule has 1 aromatic carbocycles. The van der Waals surface area contributed by atoms with Crippen molar-refractivity contribution in [3.05, 3.63) is 32.4 Å². The molecular formula is C9H10INO. The van der Waals surface area contributed by atoms with E-state index in [-0.39, 0.29) is 5.91 Å². The van der Waals surface area contributed by atoms with Crippen molar-refractivity contribution in [2.24, 2.45) is 5.73 Å². The molecule has 0 bridgehead atoms. The number of nitrogens with two attached hydrogens (primary N) is 1. The van der Waals surface area contributed by atoms with Gasteiger partial charge in [0.15, 0.2) is 0 Å². The average molecular weight is 275 g/mol. The summed E-state index contributed by atoms with van der Waals surface area (Å²) in [6.07, 6.45) is 0. The number of hydrogen-bond donors (Lipinski definition) is 1. The van der Waals surface area contributed by atoms with Crippen LogP contribution in [0.1, 0.15) is 21.5 Å². The predicted molar refractivity (Wildman–Crippen MR) is 57.2 cm³/mol. The van der Waals surface area contributed by atoms with Crippen molar-refractivity contribution >= 4 is 28.5 Å². The van der Waals surface area contributed by atoms with E-state index in [2.05, 4.69) is 22.6 Å². The molecule has 0 aromatic heterocycles. The zero-order chi connectivity index (χ0) is 9.30. The van der Waals surface area contributed by atoms with E-state index in [1.165, 1.54) is 5.56 Å². The van der Waals surface area contributed by atoms with E-state index < -0.39 is 0 Å². The Morgan fingerprint density at radius 3 is 2.42 bits per heavy atom. The Bertz CT molecular complexity index is 334. The number of rotatable bonds is 1. The topological polar surface area (TPSA) is 43.1 Å². The van der Waals surface area contributed by atoms with Crippen molar-refractivity contribution in [3.63, 3.8) is 0 Å². The molecule has 1 amide bonds. The molecule has 0 unspecified atom stereocenters. The predicted octanol–water partition coefficient (Wildman–Crippen LogP) is 2.01. The van der Waals surface area contributed by atoms with Gasteiger partial charge in [0.2, 0.25) is 5.91 Å². The van der Waals surface area contributed by atoms with E-state index in [4.69, 9.17) is 5.73 Å². The van der Waals surface area contributed by atoms with Gasteiger partial charge in [-0.2, -0.15) is 0 Å². The van der Waals surface area contributed by atoms with Crippen LogP contribution in [0.4, 0.5) is 0 Å². The summed E-state index contributed by atoms with van der Waals surface area (Å²) in [4.78, 5) is 10.9. The monoisotopic (exact) mass is 275 g/mol. The fourth-order valence-electron chi connectivity index (χ4n) is 1.09. The van der Waals surface area contributed by atoms with Crippen LogP contribution in [-0.2, 0) is 0 Å². The van der Waals surface area contributed by atoms with Gasteiger partial charge in [0.25, 0.3) is 0 Å². The van der Waals surface area contributed by atoms with Gasteiger partial charge >= 0.3 is 0 Å². The summed E-state index contributed by atoms with van der Waals surface area (Å²) >= 11 is 2.19. The molecule has 64 valence electrons. The molecule has 1 aromatic rings. The van der Waals surface area contributed by atoms with Crippen LogP contribution in [0.15, 0.2) is 12.1 Å². The van der Waals surface area contributed by atoms with Crippen LogP contribution >= 0.6 is 22.6 Å². The van der Waals surface area contributed by atoms with Gasteiger partial charge in [0.1, 0.15) is 0 Å². The maximum atomic E-state index is 10.9. The molecule has 0 saturated heterocycles. The van der Waals surface area contributed by atoms with E-state index in [0.717, 1.165) is 9.13 Å². The second-order valence-corrected chi connectivity index (χ2v) is 3.94. The Hall–Kier alpha value is -0.580. The first-order valence-electron chi connectivity index (χ1n) is 3.59. The van der Waals surface area contributed by atoms with Crippen molar-refractivity contribution in [1.82, 2.24) is 0 Å². The van der Waals surface area contributed by atoms with Crippen molar-refractivity contribution in [1.29, 1.82) is 0 Å². The molecule has 0 aliphatic heterocycles. The summed E-state index contributed by atoms with van der Waals surface area (Å²) in [7, 11) is 0. The van der Waals surface area contributed by atoms with E-state index in [1.807, 2.05) is 26.0 Å². The number of hydrogen-bond acceptors (Lipinski definition) is 1. The summed E-state index contributed by atoms with van der Waals surface area (Å²) in [6.45, 7) is 3.91. The van der Waals surface area contributed by atoms with Crippen molar-refractivity contribution < 1.29 is 4.79 Å². The summed E-state index contributed by atoms with van der Waals surface area (Å²) in [5.74, 6) is -0.356. The number of carbonyl (C=O) groups excluding carboxylic acids is 1. The number of halogens is 1. The molecule has 0 saturated carbocycles. The lowest BCUT2D eigenvalue weighted by Gasteiger charge is -2.04. The van der Waals surface area contributed by atoms with Gasteiger partial charge in [-0.05, 0) is 53.6 Å². The van der Waals surface area contributed by atoms with Crippen LogP contribution in [0.5, 0.6) is 0 Å². The highest BCUT2D eigenvalue weighted by atomic mass is 127. The Balaban J connectivity index is 3.33. The van der Waals surface area contributed by atoms with Gasteiger partial charge in [0, 0.05) is 9.13 Å². The second kappa shape index (κ2) is 3.43.